The maximum absolute atomic E-state index is 13.6. The number of alkyl halides is 3. The highest BCUT2D eigenvalue weighted by Gasteiger charge is 2.36. The molecule has 0 radical (unpaired) electrons. The smallest absolute Gasteiger partial charge is 0.420 e. The van der Waals surface area contributed by atoms with Crippen LogP contribution in [0.4, 0.5) is 22.7 Å². The number of hydrogen-bond donors (Lipinski definition) is 2. The lowest BCUT2D eigenvalue weighted by atomic mass is 9.95. The third-order valence-electron chi connectivity index (χ3n) is 4.60. The average molecular weight is 472 g/mol. The van der Waals surface area contributed by atoms with Gasteiger partial charge in [-0.3, -0.25) is 4.72 Å². The molecule has 1 aromatic carbocycles. The van der Waals surface area contributed by atoms with Gasteiger partial charge in [-0.25, -0.2) is 17.8 Å². The van der Waals surface area contributed by atoms with Crippen LogP contribution in [0.25, 0.3) is 0 Å². The van der Waals surface area contributed by atoms with Gasteiger partial charge in [0.25, 0.3) is 10.0 Å². The fourth-order valence-electron chi connectivity index (χ4n) is 3.02. The zero-order chi connectivity index (χ0) is 22.5. The maximum atomic E-state index is 13.6. The largest absolute Gasteiger partial charge is 0.507 e. The first kappa shape index (κ1) is 24.4. The molecule has 2 aromatic rings. The number of hydrogen-bond acceptors (Lipinski definition) is 6. The molecule has 1 saturated carbocycles. The molecule has 0 amide bonds. The summed E-state index contributed by atoms with van der Waals surface area (Å²) in [5, 5.41) is 10.4. The second kappa shape index (κ2) is 9.92. The van der Waals surface area contributed by atoms with E-state index in [-0.39, 0.29) is 18.7 Å². The minimum absolute atomic E-state index is 0. The van der Waals surface area contributed by atoms with Crippen molar-refractivity contribution in [3.63, 3.8) is 0 Å². The molecule has 1 heterocycles. The van der Waals surface area contributed by atoms with Crippen LogP contribution in [-0.2, 0) is 16.2 Å². The monoisotopic (exact) mass is 471 g/mol. The molecule has 0 spiro atoms. The van der Waals surface area contributed by atoms with Gasteiger partial charge in [0.15, 0.2) is 5.13 Å². The third kappa shape index (κ3) is 6.54. The average Bonchev–Trinajstić information content (AvgIpc) is 3.14. The number of nitrogens with zero attached hydrogens (tertiary/aromatic N) is 2. The topological polar surface area (TPSA) is 82.5 Å². The Labute approximate surface area is 178 Å². The first-order valence-electron chi connectivity index (χ1n) is 9.10. The number of rotatable bonds is 4. The van der Waals surface area contributed by atoms with Gasteiger partial charge in [0.05, 0.1) is 5.56 Å². The van der Waals surface area contributed by atoms with Crippen molar-refractivity contribution in [2.24, 2.45) is 0 Å². The van der Waals surface area contributed by atoms with E-state index in [1.807, 2.05) is 4.72 Å². The van der Waals surface area contributed by atoms with E-state index in [4.69, 9.17) is 5.11 Å². The summed E-state index contributed by atoms with van der Waals surface area (Å²) in [6, 6.07) is 1.01. The molecule has 12 heteroatoms. The summed E-state index contributed by atoms with van der Waals surface area (Å²) in [5.41, 5.74) is -1.65. The predicted molar refractivity (Wildman–Crippen MR) is 109 cm³/mol. The number of aromatic nitrogens is 1. The number of halogens is 4. The summed E-state index contributed by atoms with van der Waals surface area (Å²) >= 11 is 0.868. The number of sulfonamides is 1. The van der Waals surface area contributed by atoms with Gasteiger partial charge in [-0.05, 0) is 33.0 Å². The van der Waals surface area contributed by atoms with Gasteiger partial charge in [0, 0.05) is 25.1 Å². The van der Waals surface area contributed by atoms with Crippen LogP contribution in [0.15, 0.2) is 28.6 Å². The standard InChI is InChI=1S/C10H6F4N2O3S2.C8H17N.H2/c11-6-4-7(17)5(10(12,13)14)3-8(6)21(18,19)16-9-15-1-2-20-9;1-9(2)8-6-4-3-5-7-8;/h1-4,17H,(H,15,16);8H,3-7H2,1-2H3;1H. The summed E-state index contributed by atoms with van der Waals surface area (Å²) in [6.45, 7) is 0. The predicted octanol–water partition coefficient (Wildman–Crippen LogP) is 4.93. The molecular weight excluding hydrogens is 446 g/mol. The fraction of sp³-hybridized carbons (Fsp3) is 0.500. The Morgan fingerprint density at radius 2 is 1.87 bits per heavy atom. The summed E-state index contributed by atoms with van der Waals surface area (Å²) < 4.78 is 77.0. The molecule has 1 fully saturated rings. The molecule has 3 rings (SSSR count). The van der Waals surface area contributed by atoms with Crippen LogP contribution in [0.1, 0.15) is 39.1 Å². The third-order valence-corrected chi connectivity index (χ3v) is 6.78. The van der Waals surface area contributed by atoms with Gasteiger partial charge >= 0.3 is 6.18 Å². The van der Waals surface area contributed by atoms with Crippen molar-refractivity contribution >= 4 is 26.5 Å². The molecule has 30 heavy (non-hydrogen) atoms. The Morgan fingerprint density at radius 1 is 1.23 bits per heavy atom. The minimum atomic E-state index is -5.02. The van der Waals surface area contributed by atoms with Gasteiger partial charge in [-0.1, -0.05) is 19.3 Å². The van der Waals surface area contributed by atoms with Gasteiger partial charge in [-0.15, -0.1) is 11.3 Å². The summed E-state index contributed by atoms with van der Waals surface area (Å²) in [4.78, 5) is 4.71. The van der Waals surface area contributed by atoms with Crippen molar-refractivity contribution in [1.82, 2.24) is 9.88 Å². The quantitative estimate of drug-likeness (QED) is 0.618. The molecule has 6 nitrogen and oxygen atoms in total. The van der Waals surface area contributed by atoms with Crippen LogP contribution in [0, 0.1) is 5.82 Å². The van der Waals surface area contributed by atoms with E-state index in [1.54, 1.807) is 0 Å². The highest BCUT2D eigenvalue weighted by Crippen LogP contribution is 2.38. The molecule has 0 bridgehead atoms. The molecule has 0 unspecified atom stereocenters. The van der Waals surface area contributed by atoms with Gasteiger partial charge in [0.1, 0.15) is 16.5 Å². The lowest BCUT2D eigenvalue weighted by Crippen LogP contribution is -2.29. The number of benzene rings is 1. The molecule has 170 valence electrons. The number of aromatic hydroxyl groups is 1. The molecule has 1 aliphatic carbocycles. The van der Waals surface area contributed by atoms with Crippen LogP contribution in [0.3, 0.4) is 0 Å². The van der Waals surface area contributed by atoms with E-state index in [0.717, 1.165) is 17.4 Å². The zero-order valence-corrected chi connectivity index (χ0v) is 18.0. The highest BCUT2D eigenvalue weighted by atomic mass is 32.2. The second-order valence-electron chi connectivity index (χ2n) is 7.00. The fourth-order valence-corrected chi connectivity index (χ4v) is 4.89. The van der Waals surface area contributed by atoms with E-state index < -0.39 is 38.2 Å². The molecule has 2 N–H and O–H groups in total. The highest BCUT2D eigenvalue weighted by molar-refractivity contribution is 7.93. The molecule has 0 saturated heterocycles. The minimum Gasteiger partial charge on any atom is -0.507 e. The Morgan fingerprint density at radius 3 is 2.33 bits per heavy atom. The van der Waals surface area contributed by atoms with Crippen molar-refractivity contribution in [3.05, 3.63) is 35.1 Å². The maximum Gasteiger partial charge on any atom is 0.420 e. The van der Waals surface area contributed by atoms with E-state index in [9.17, 15) is 26.0 Å². The molecule has 1 aliphatic rings. The first-order chi connectivity index (χ1) is 13.9. The Bertz CT molecular complexity index is 933. The van der Waals surface area contributed by atoms with E-state index in [1.165, 1.54) is 43.7 Å². The van der Waals surface area contributed by atoms with Crippen LogP contribution in [0.2, 0.25) is 0 Å². The van der Waals surface area contributed by atoms with Crippen molar-refractivity contribution in [2.75, 3.05) is 18.8 Å². The number of nitrogens with one attached hydrogen (secondary N) is 1. The van der Waals surface area contributed by atoms with E-state index in [2.05, 4.69) is 24.0 Å². The molecular formula is C18H25F4N3O3S2. The lowest BCUT2D eigenvalue weighted by Gasteiger charge is -2.27. The Balaban J connectivity index is 0.000000404. The van der Waals surface area contributed by atoms with E-state index in [0.29, 0.717) is 0 Å². The molecule has 0 aliphatic heterocycles. The SMILES string of the molecule is CN(C)C1CCCCC1.O=S(=O)(Nc1nccs1)c1cc(C(F)(F)F)c(O)cc1F.[HH]. The van der Waals surface area contributed by atoms with Gasteiger partial charge < -0.3 is 10.0 Å². The first-order valence-corrected chi connectivity index (χ1v) is 11.5. The lowest BCUT2D eigenvalue weighted by molar-refractivity contribution is -0.139. The van der Waals surface area contributed by atoms with Crippen molar-refractivity contribution in [1.29, 1.82) is 0 Å². The number of phenolic OH excluding ortho intramolecular Hbond substituents is 1. The van der Waals surface area contributed by atoms with E-state index >= 15 is 0 Å². The van der Waals surface area contributed by atoms with Crippen LogP contribution >= 0.6 is 11.3 Å². The van der Waals surface area contributed by atoms with Crippen molar-refractivity contribution in [2.45, 2.75) is 49.2 Å². The summed E-state index contributed by atoms with van der Waals surface area (Å²) in [7, 11) is -0.221. The number of thiazole rings is 1. The van der Waals surface area contributed by atoms with Gasteiger partial charge in [-0.2, -0.15) is 13.2 Å². The number of phenols is 1. The summed E-state index contributed by atoms with van der Waals surface area (Å²) in [6.07, 6.45) is 3.44. The second-order valence-corrected chi connectivity index (χ2v) is 9.54. The number of anilines is 1. The Hall–Kier alpha value is -1.92. The molecule has 0 atom stereocenters. The summed E-state index contributed by atoms with van der Waals surface area (Å²) in [5.74, 6) is -2.90. The zero-order valence-electron chi connectivity index (χ0n) is 16.4. The van der Waals surface area contributed by atoms with Crippen LogP contribution in [0.5, 0.6) is 5.75 Å². The van der Waals surface area contributed by atoms with Crippen LogP contribution < -0.4 is 4.72 Å². The van der Waals surface area contributed by atoms with Crippen LogP contribution in [-0.4, -0.2) is 43.5 Å². The Kier molecular flexibility index (Phi) is 8.06. The normalized spacial score (nSPS) is 15.6. The van der Waals surface area contributed by atoms with Gasteiger partial charge in [0.2, 0.25) is 0 Å². The van der Waals surface area contributed by atoms with Crippen molar-refractivity contribution < 1.29 is 32.5 Å². The molecule has 1 aromatic heterocycles. The van der Waals surface area contributed by atoms with Crippen molar-refractivity contribution in [3.8, 4) is 5.75 Å².